The second-order valence-corrected chi connectivity index (χ2v) is 7.49. The van der Waals surface area contributed by atoms with Crippen LogP contribution >= 0.6 is 0 Å². The fourth-order valence-corrected chi connectivity index (χ4v) is 3.59. The molecule has 0 saturated heterocycles. The Labute approximate surface area is 175 Å². The van der Waals surface area contributed by atoms with Crippen molar-refractivity contribution in [1.29, 1.82) is 0 Å². The maximum atomic E-state index is 12.5. The summed E-state index contributed by atoms with van der Waals surface area (Å²) >= 11 is 0. The molecule has 10 nitrogen and oxygen atoms in total. The van der Waals surface area contributed by atoms with Gasteiger partial charge in [-0.3, -0.25) is 19.1 Å². The van der Waals surface area contributed by atoms with Gasteiger partial charge in [0.2, 0.25) is 5.91 Å². The average molecular weight is 417 g/mol. The van der Waals surface area contributed by atoms with E-state index in [1.165, 1.54) is 4.57 Å². The van der Waals surface area contributed by atoms with Crippen molar-refractivity contribution >= 4 is 22.5 Å². The van der Waals surface area contributed by atoms with Crippen LogP contribution in [0.15, 0.2) is 58.1 Å². The summed E-state index contributed by atoms with van der Waals surface area (Å²) in [5.41, 5.74) is 0.957. The quantitative estimate of drug-likeness (QED) is 0.492. The van der Waals surface area contributed by atoms with E-state index in [2.05, 4.69) is 25.8 Å². The molecule has 5 rings (SSSR count). The van der Waals surface area contributed by atoms with E-state index in [-0.39, 0.29) is 18.9 Å². The van der Waals surface area contributed by atoms with Crippen molar-refractivity contribution in [2.75, 3.05) is 5.32 Å². The van der Waals surface area contributed by atoms with Crippen molar-refractivity contribution in [2.45, 2.75) is 31.8 Å². The van der Waals surface area contributed by atoms with E-state index < -0.39 is 11.2 Å². The van der Waals surface area contributed by atoms with Gasteiger partial charge in [-0.25, -0.2) is 9.48 Å². The maximum Gasteiger partial charge on any atom is 0.328 e. The van der Waals surface area contributed by atoms with E-state index in [1.807, 2.05) is 22.9 Å². The van der Waals surface area contributed by atoms with Crippen LogP contribution in [0.5, 0.6) is 0 Å². The molecule has 0 aliphatic heterocycles. The van der Waals surface area contributed by atoms with Gasteiger partial charge in [0.25, 0.3) is 5.56 Å². The lowest BCUT2D eigenvalue weighted by Gasteiger charge is -2.10. The minimum absolute atomic E-state index is 0.0694. The van der Waals surface area contributed by atoms with E-state index in [0.29, 0.717) is 28.5 Å². The van der Waals surface area contributed by atoms with Crippen LogP contribution in [0, 0.1) is 0 Å². The number of aryl methyl sites for hydroxylation is 1. The number of H-pyrrole nitrogens is 1. The molecule has 2 heterocycles. The number of nitrogens with zero attached hydrogens (tertiary/aromatic N) is 5. The van der Waals surface area contributed by atoms with Gasteiger partial charge in [-0.1, -0.05) is 24.3 Å². The number of aromatic amines is 1. The smallest absolute Gasteiger partial charge is 0.326 e. The first kappa shape index (κ1) is 18.9. The van der Waals surface area contributed by atoms with Gasteiger partial charge in [0.1, 0.15) is 0 Å². The number of amides is 1. The van der Waals surface area contributed by atoms with Crippen LogP contribution in [0.4, 0.5) is 5.69 Å². The molecule has 4 aromatic rings. The third-order valence-corrected chi connectivity index (χ3v) is 5.26. The van der Waals surface area contributed by atoms with Gasteiger partial charge in [0.05, 0.1) is 16.9 Å². The number of nitrogens with one attached hydrogen (secondary N) is 2. The van der Waals surface area contributed by atoms with E-state index in [4.69, 9.17) is 0 Å². The number of benzene rings is 2. The molecule has 0 radical (unpaired) electrons. The summed E-state index contributed by atoms with van der Waals surface area (Å²) in [6.45, 7) is 0.140. The number of tetrazole rings is 1. The van der Waals surface area contributed by atoms with Crippen molar-refractivity contribution < 1.29 is 4.79 Å². The van der Waals surface area contributed by atoms with E-state index in [0.717, 1.165) is 18.4 Å². The van der Waals surface area contributed by atoms with Crippen molar-refractivity contribution in [2.24, 2.45) is 0 Å². The van der Waals surface area contributed by atoms with Gasteiger partial charge in [0.15, 0.2) is 5.82 Å². The first-order valence-electron chi connectivity index (χ1n) is 10.00. The molecule has 0 bridgehead atoms. The summed E-state index contributed by atoms with van der Waals surface area (Å²) in [5, 5.41) is 15.2. The number of aromatic nitrogens is 6. The summed E-state index contributed by atoms with van der Waals surface area (Å²) in [7, 11) is 0. The van der Waals surface area contributed by atoms with Gasteiger partial charge in [0, 0.05) is 24.2 Å². The molecule has 31 heavy (non-hydrogen) atoms. The number of hydrogen-bond donors (Lipinski definition) is 2. The lowest BCUT2D eigenvalue weighted by atomic mass is 10.2. The minimum atomic E-state index is -0.537. The summed E-state index contributed by atoms with van der Waals surface area (Å²) in [6, 6.07) is 14.5. The second kappa shape index (κ2) is 7.63. The van der Waals surface area contributed by atoms with Crippen LogP contribution in [-0.4, -0.2) is 35.7 Å². The predicted molar refractivity (Wildman–Crippen MR) is 114 cm³/mol. The number of carbonyl (C=O) groups excluding carboxylic acids is 1. The van der Waals surface area contributed by atoms with Crippen LogP contribution in [-0.2, 0) is 11.3 Å². The van der Waals surface area contributed by atoms with Crippen molar-refractivity contribution in [3.63, 3.8) is 0 Å². The lowest BCUT2D eigenvalue weighted by molar-refractivity contribution is -0.116. The van der Waals surface area contributed by atoms with Crippen molar-refractivity contribution in [1.82, 2.24) is 29.8 Å². The largest absolute Gasteiger partial charge is 0.328 e. The Morgan fingerprint density at radius 1 is 1.13 bits per heavy atom. The average Bonchev–Trinajstić information content (AvgIpc) is 3.50. The Morgan fingerprint density at radius 2 is 1.97 bits per heavy atom. The molecular weight excluding hydrogens is 398 g/mol. The van der Waals surface area contributed by atoms with Crippen LogP contribution in [0.1, 0.15) is 25.3 Å². The maximum absolute atomic E-state index is 12.5. The molecule has 1 amide bonds. The monoisotopic (exact) mass is 417 g/mol. The van der Waals surface area contributed by atoms with Crippen molar-refractivity contribution in [3.8, 4) is 11.4 Å². The lowest BCUT2D eigenvalue weighted by Crippen LogP contribution is -2.31. The van der Waals surface area contributed by atoms with Gasteiger partial charge in [-0.2, -0.15) is 0 Å². The highest BCUT2D eigenvalue weighted by molar-refractivity contribution is 5.91. The Kier molecular flexibility index (Phi) is 4.66. The first-order chi connectivity index (χ1) is 15.1. The number of para-hydroxylation sites is 1. The molecule has 2 aromatic carbocycles. The molecule has 2 aromatic heterocycles. The number of rotatable bonds is 6. The fourth-order valence-electron chi connectivity index (χ4n) is 3.59. The van der Waals surface area contributed by atoms with E-state index in [9.17, 15) is 14.4 Å². The van der Waals surface area contributed by atoms with Crippen LogP contribution < -0.4 is 16.6 Å². The topological polar surface area (TPSA) is 128 Å². The van der Waals surface area contributed by atoms with E-state index in [1.54, 1.807) is 30.3 Å². The molecule has 1 saturated carbocycles. The molecule has 2 N–H and O–H groups in total. The highest BCUT2D eigenvalue weighted by atomic mass is 16.2. The molecule has 10 heteroatoms. The molecular formula is C21H19N7O3. The number of carbonyl (C=O) groups is 1. The van der Waals surface area contributed by atoms with Crippen LogP contribution in [0.25, 0.3) is 22.3 Å². The molecule has 0 unspecified atom stereocenters. The van der Waals surface area contributed by atoms with Gasteiger partial charge in [-0.15, -0.1) is 5.10 Å². The predicted octanol–water partition coefficient (Wildman–Crippen LogP) is 1.71. The van der Waals surface area contributed by atoms with Gasteiger partial charge in [-0.05, 0) is 47.5 Å². The van der Waals surface area contributed by atoms with Crippen LogP contribution in [0.2, 0.25) is 0 Å². The Balaban J connectivity index is 1.32. The minimum Gasteiger partial charge on any atom is -0.326 e. The third-order valence-electron chi connectivity index (χ3n) is 5.26. The number of fused-ring (bicyclic) bond motifs is 1. The zero-order valence-corrected chi connectivity index (χ0v) is 16.5. The highest BCUT2D eigenvalue weighted by Gasteiger charge is 2.28. The fraction of sp³-hybridized carbons (Fsp3) is 0.238. The number of hydrogen-bond acceptors (Lipinski definition) is 6. The zero-order chi connectivity index (χ0) is 21.4. The first-order valence-corrected chi connectivity index (χ1v) is 10.00. The summed E-state index contributed by atoms with van der Waals surface area (Å²) in [6.07, 6.45) is 2.19. The Morgan fingerprint density at radius 3 is 2.81 bits per heavy atom. The standard InChI is InChI=1S/C21H19N7O3/c29-18(10-11-27-17-7-2-1-6-16(17)20(30)23-21(27)31)22-14-5-3-4-13(12-14)19-24-25-26-28(19)15-8-9-15/h1-7,12,15H,8-11H2,(H,22,29)(H,23,30,31). The van der Waals surface area contributed by atoms with E-state index >= 15 is 0 Å². The Hall–Kier alpha value is -4.08. The summed E-state index contributed by atoms with van der Waals surface area (Å²) in [4.78, 5) is 39.0. The van der Waals surface area contributed by atoms with Gasteiger partial charge >= 0.3 is 5.69 Å². The van der Waals surface area contributed by atoms with Crippen LogP contribution in [0.3, 0.4) is 0 Å². The molecule has 1 aliphatic carbocycles. The number of anilines is 1. The molecule has 156 valence electrons. The highest BCUT2D eigenvalue weighted by Crippen LogP contribution is 2.36. The Bertz CT molecular complexity index is 1400. The summed E-state index contributed by atoms with van der Waals surface area (Å²) < 4.78 is 3.21. The zero-order valence-electron chi connectivity index (χ0n) is 16.5. The molecule has 1 aliphatic rings. The van der Waals surface area contributed by atoms with Gasteiger partial charge < -0.3 is 5.32 Å². The third kappa shape index (κ3) is 3.75. The summed E-state index contributed by atoms with van der Waals surface area (Å²) in [5.74, 6) is 0.422. The normalized spacial score (nSPS) is 13.4. The molecule has 0 atom stereocenters. The molecule has 1 fully saturated rings. The second-order valence-electron chi connectivity index (χ2n) is 7.49. The molecule has 0 spiro atoms. The van der Waals surface area contributed by atoms with Crippen molar-refractivity contribution in [3.05, 3.63) is 69.4 Å². The SMILES string of the molecule is O=C(CCn1c(=O)[nH]c(=O)c2ccccc21)Nc1cccc(-c2nnnn2C2CC2)c1.